The molecule has 3 aromatic rings. The van der Waals surface area contributed by atoms with Crippen molar-refractivity contribution < 1.29 is 4.39 Å². The van der Waals surface area contributed by atoms with Gasteiger partial charge in [0.25, 0.3) is 0 Å². The van der Waals surface area contributed by atoms with Crippen LogP contribution in [0.4, 0.5) is 15.9 Å². The van der Waals surface area contributed by atoms with Gasteiger partial charge in [-0.1, -0.05) is 32.3 Å². The van der Waals surface area contributed by atoms with E-state index in [2.05, 4.69) is 36.1 Å². The molecule has 0 bridgehead atoms. The molecule has 2 aromatic heterocycles. The lowest BCUT2D eigenvalue weighted by atomic mass is 9.97. The molecule has 6 nitrogen and oxygen atoms in total. The second kappa shape index (κ2) is 8.27. The van der Waals surface area contributed by atoms with E-state index in [1.165, 1.54) is 36.6 Å². The van der Waals surface area contributed by atoms with Crippen molar-refractivity contribution in [2.75, 3.05) is 38.1 Å². The van der Waals surface area contributed by atoms with Crippen LogP contribution in [-0.4, -0.2) is 58.5 Å². The number of piperidine rings is 1. The lowest BCUT2D eigenvalue weighted by Crippen LogP contribution is -2.36. The highest BCUT2D eigenvalue weighted by molar-refractivity contribution is 7.28. The number of fused-ring (bicyclic) bond motifs is 2. The highest BCUT2D eigenvalue weighted by Gasteiger charge is 2.27. The van der Waals surface area contributed by atoms with Gasteiger partial charge in [0.1, 0.15) is 27.5 Å². The van der Waals surface area contributed by atoms with Crippen LogP contribution in [-0.2, 0) is 6.42 Å². The van der Waals surface area contributed by atoms with Crippen LogP contribution in [0.3, 0.4) is 0 Å². The van der Waals surface area contributed by atoms with E-state index in [1.807, 2.05) is 11.0 Å². The van der Waals surface area contributed by atoms with Gasteiger partial charge < -0.3 is 9.80 Å². The molecule has 0 unspecified atom stereocenters. The third kappa shape index (κ3) is 3.73. The zero-order valence-electron chi connectivity index (χ0n) is 16.9. The second-order valence-electron chi connectivity index (χ2n) is 8.02. The Morgan fingerprint density at radius 2 is 2.10 bits per heavy atom. The van der Waals surface area contributed by atoms with Crippen molar-refractivity contribution in [3.05, 3.63) is 40.9 Å². The van der Waals surface area contributed by atoms with E-state index in [0.29, 0.717) is 29.5 Å². The smallest absolute Gasteiger partial charge is 0.164 e. The Morgan fingerprint density at radius 3 is 2.93 bits per heavy atom. The minimum Gasteiger partial charge on any atom is -0.321 e. The van der Waals surface area contributed by atoms with E-state index in [4.69, 9.17) is 4.98 Å². The zero-order chi connectivity index (χ0) is 20.7. The molecule has 1 N–H and O–H groups in total. The van der Waals surface area contributed by atoms with Crippen molar-refractivity contribution in [3.63, 3.8) is 0 Å². The van der Waals surface area contributed by atoms with Crippen LogP contribution in [0.25, 0.3) is 10.3 Å². The third-order valence-electron chi connectivity index (χ3n) is 6.00. The summed E-state index contributed by atoms with van der Waals surface area (Å²) in [6, 6.07) is 5.23. The van der Waals surface area contributed by atoms with Crippen LogP contribution >= 0.6 is 20.2 Å². The summed E-state index contributed by atoms with van der Waals surface area (Å²) >= 11 is 1.51. The van der Waals surface area contributed by atoms with Gasteiger partial charge in [-0.25, -0.2) is 19.3 Å². The molecule has 1 aromatic carbocycles. The molecule has 0 radical (unpaired) electrons. The van der Waals surface area contributed by atoms with Gasteiger partial charge in [-0.3, -0.25) is 5.32 Å². The van der Waals surface area contributed by atoms with Gasteiger partial charge in [0, 0.05) is 13.1 Å². The number of hydrogen-bond acceptors (Lipinski definition) is 6. The van der Waals surface area contributed by atoms with E-state index < -0.39 is 0 Å². The molecule has 30 heavy (non-hydrogen) atoms. The molecule has 4 heterocycles. The molecule has 0 amide bonds. The Morgan fingerprint density at radius 1 is 1.27 bits per heavy atom. The second-order valence-corrected chi connectivity index (χ2v) is 9.50. The van der Waals surface area contributed by atoms with Crippen molar-refractivity contribution in [1.82, 2.24) is 25.2 Å². The topological polar surface area (TPSA) is 57.2 Å². The quantitative estimate of drug-likeness (QED) is 0.611. The van der Waals surface area contributed by atoms with Crippen LogP contribution in [0, 0.1) is 11.7 Å². The number of benzene rings is 1. The molecule has 1 fully saturated rings. The summed E-state index contributed by atoms with van der Waals surface area (Å²) in [5.74, 6) is 1.11. The van der Waals surface area contributed by atoms with Gasteiger partial charge in [0.2, 0.25) is 0 Å². The number of anilines is 2. The standard InChI is InChI=1S/C21H24FN6PS/c1-27-8-5-13(6-9-27)11-23-19(29)21-26-16-18(24-12-25-20(16)30-21)28-10-7-14-3-2-4-15(22)17(14)28/h2-4,12-13,23,29H,5-11H2,1H3. The predicted octanol–water partition coefficient (Wildman–Crippen LogP) is 3.47. The average molecular weight is 443 g/mol. The van der Waals surface area contributed by atoms with Gasteiger partial charge in [0.05, 0.1) is 11.1 Å². The molecule has 0 atom stereocenters. The molecule has 9 heteroatoms. The highest BCUT2D eigenvalue weighted by atomic mass is 32.1. The van der Waals surface area contributed by atoms with Gasteiger partial charge >= 0.3 is 0 Å². The lowest BCUT2D eigenvalue weighted by Gasteiger charge is -2.29. The first-order chi connectivity index (χ1) is 14.6. The van der Waals surface area contributed by atoms with E-state index in [9.17, 15) is 4.39 Å². The first kappa shape index (κ1) is 19.9. The van der Waals surface area contributed by atoms with Gasteiger partial charge in [0.15, 0.2) is 5.82 Å². The maximum Gasteiger partial charge on any atom is 0.164 e. The lowest BCUT2D eigenvalue weighted by molar-refractivity contribution is 0.220. The largest absolute Gasteiger partial charge is 0.321 e. The van der Waals surface area contributed by atoms with Crippen LogP contribution in [0.2, 0.25) is 0 Å². The molecule has 0 spiro atoms. The minimum atomic E-state index is -0.223. The number of thiazole rings is 1. The van der Waals surface area contributed by atoms with Crippen molar-refractivity contribution >= 4 is 47.5 Å². The summed E-state index contributed by atoms with van der Waals surface area (Å²) in [6.07, 6.45) is 4.75. The molecule has 1 saturated heterocycles. The summed E-state index contributed by atoms with van der Waals surface area (Å²) in [4.78, 5) is 18.8. The van der Waals surface area contributed by atoms with Gasteiger partial charge in [-0.15, -0.1) is 0 Å². The Bertz CT molecular complexity index is 1090. The summed E-state index contributed by atoms with van der Waals surface area (Å²) in [5.41, 5.74) is 3.20. The number of likely N-dealkylation sites (tertiary alicyclic amines) is 1. The van der Waals surface area contributed by atoms with Crippen molar-refractivity contribution in [3.8, 4) is 0 Å². The maximum atomic E-state index is 14.5. The molecule has 2 aliphatic rings. The molecular weight excluding hydrogens is 418 g/mol. The fourth-order valence-electron chi connectivity index (χ4n) is 4.25. The number of para-hydroxylation sites is 1. The first-order valence-corrected chi connectivity index (χ1v) is 11.6. The van der Waals surface area contributed by atoms with E-state index >= 15 is 0 Å². The molecule has 0 saturated carbocycles. The van der Waals surface area contributed by atoms with Crippen LogP contribution in [0.15, 0.2) is 24.5 Å². The zero-order valence-corrected chi connectivity index (χ0v) is 18.7. The summed E-state index contributed by atoms with van der Waals surface area (Å²) in [6.45, 7) is 3.91. The van der Waals surface area contributed by atoms with Crippen LogP contribution in [0.5, 0.6) is 0 Å². The Kier molecular flexibility index (Phi) is 5.50. The Balaban J connectivity index is 1.38. The van der Waals surface area contributed by atoms with Gasteiger partial charge in [-0.2, -0.15) is 0 Å². The normalized spacial score (nSPS) is 17.6. The molecule has 0 aliphatic carbocycles. The number of halogens is 1. The Labute approximate surface area is 181 Å². The van der Waals surface area contributed by atoms with Crippen LogP contribution in [0.1, 0.15) is 23.4 Å². The van der Waals surface area contributed by atoms with E-state index in [0.717, 1.165) is 46.9 Å². The van der Waals surface area contributed by atoms with E-state index in [-0.39, 0.29) is 5.82 Å². The SMILES string of the molecule is CN1CCC(CNC(=P)c2nc3c(N4CCc5cccc(F)c54)ncnc3s2)CC1. The van der Waals surface area contributed by atoms with Crippen LogP contribution < -0.4 is 10.2 Å². The number of aromatic nitrogens is 3. The number of nitrogens with one attached hydrogen (secondary N) is 1. The molecule has 5 rings (SSSR count). The van der Waals surface area contributed by atoms with Crippen molar-refractivity contribution in [2.24, 2.45) is 5.92 Å². The fourth-order valence-corrected chi connectivity index (χ4v) is 5.39. The molecular formula is C21H24FN6PS. The summed E-state index contributed by atoms with van der Waals surface area (Å²) in [7, 11) is 5.90. The summed E-state index contributed by atoms with van der Waals surface area (Å²) < 4.78 is 14.5. The van der Waals surface area contributed by atoms with Crippen molar-refractivity contribution in [1.29, 1.82) is 0 Å². The number of nitrogens with zero attached hydrogens (tertiary/aromatic N) is 5. The number of rotatable bonds is 5. The summed E-state index contributed by atoms with van der Waals surface area (Å²) in [5, 5.41) is 4.33. The third-order valence-corrected chi connectivity index (χ3v) is 7.57. The predicted molar refractivity (Wildman–Crippen MR) is 123 cm³/mol. The first-order valence-electron chi connectivity index (χ1n) is 10.3. The van der Waals surface area contributed by atoms with Gasteiger partial charge in [-0.05, 0) is 56.9 Å². The maximum absolute atomic E-state index is 14.5. The fraction of sp³-hybridized carbons (Fsp3) is 0.429. The van der Waals surface area contributed by atoms with Crippen molar-refractivity contribution in [2.45, 2.75) is 19.3 Å². The minimum absolute atomic E-state index is 0.223. The molecule has 2 aliphatic heterocycles. The van der Waals surface area contributed by atoms with E-state index in [1.54, 1.807) is 6.07 Å². The monoisotopic (exact) mass is 442 g/mol. The number of hydrogen-bond donors (Lipinski definition) is 1. The molecule has 156 valence electrons. The highest BCUT2D eigenvalue weighted by Crippen LogP contribution is 2.38. The Hall–Kier alpha value is -1.99. The average Bonchev–Trinajstić information content (AvgIpc) is 3.38.